The van der Waals surface area contributed by atoms with Crippen molar-refractivity contribution in [3.8, 4) is 0 Å². The fourth-order valence-electron chi connectivity index (χ4n) is 1.98. The Labute approximate surface area is 130 Å². The van der Waals surface area contributed by atoms with E-state index < -0.39 is 10.0 Å². The summed E-state index contributed by atoms with van der Waals surface area (Å²) in [6, 6.07) is 11.9. The van der Waals surface area contributed by atoms with Crippen molar-refractivity contribution >= 4 is 33.0 Å². The number of nitrogen functional groups attached to an aromatic ring is 1. The Morgan fingerprint density at radius 1 is 1.14 bits per heavy atom. The maximum absolute atomic E-state index is 12.4. The van der Waals surface area contributed by atoms with Crippen LogP contribution in [0.25, 0.3) is 0 Å². The van der Waals surface area contributed by atoms with E-state index >= 15 is 0 Å². The highest BCUT2D eigenvalue weighted by Crippen LogP contribution is 2.29. The van der Waals surface area contributed by atoms with Gasteiger partial charge in [0.1, 0.15) is 4.90 Å². The van der Waals surface area contributed by atoms with E-state index in [0.29, 0.717) is 11.6 Å². The lowest BCUT2D eigenvalue weighted by Gasteiger charge is -2.13. The second-order valence-corrected chi connectivity index (χ2v) is 7.07. The zero-order valence-corrected chi connectivity index (χ0v) is 13.4. The molecule has 0 fully saturated rings. The average Bonchev–Trinajstić information content (AvgIpc) is 2.37. The molecule has 4 nitrogen and oxygen atoms in total. The number of halogens is 1. The number of sulfonamides is 1. The number of rotatable bonds is 4. The van der Waals surface area contributed by atoms with Gasteiger partial charge < -0.3 is 5.73 Å². The highest BCUT2D eigenvalue weighted by atomic mass is 35.5. The standard InChI is InChI=1S/C15H17ClN2O2S/c1-10(2)11-5-3-6-12(9-11)18-21(19,20)15-13(16)7-4-8-14(15)17/h3-10,18H,17H2,1-2H3. The zero-order chi connectivity index (χ0) is 15.6. The SMILES string of the molecule is CC(C)c1cccc(NS(=O)(=O)c2c(N)cccc2Cl)c1. The van der Waals surface area contributed by atoms with Crippen LogP contribution in [0.5, 0.6) is 0 Å². The highest BCUT2D eigenvalue weighted by Gasteiger charge is 2.21. The smallest absolute Gasteiger partial charge is 0.265 e. The molecule has 2 rings (SSSR count). The first-order valence-electron chi connectivity index (χ1n) is 6.48. The predicted octanol–water partition coefficient (Wildman–Crippen LogP) is 3.85. The molecule has 0 aliphatic heterocycles. The van der Waals surface area contributed by atoms with E-state index in [2.05, 4.69) is 4.72 Å². The normalized spacial score (nSPS) is 11.6. The van der Waals surface area contributed by atoms with Gasteiger partial charge in [0, 0.05) is 5.69 Å². The lowest BCUT2D eigenvalue weighted by atomic mass is 10.0. The number of nitrogens with one attached hydrogen (secondary N) is 1. The van der Waals surface area contributed by atoms with E-state index in [0.717, 1.165) is 5.56 Å². The first kappa shape index (κ1) is 15.7. The van der Waals surface area contributed by atoms with Gasteiger partial charge in [-0.3, -0.25) is 4.72 Å². The largest absolute Gasteiger partial charge is 0.398 e. The quantitative estimate of drug-likeness (QED) is 0.839. The van der Waals surface area contributed by atoms with Crippen LogP contribution in [0, 0.1) is 0 Å². The van der Waals surface area contributed by atoms with Crippen LogP contribution in [-0.2, 0) is 10.0 Å². The van der Waals surface area contributed by atoms with Crippen molar-refractivity contribution in [1.82, 2.24) is 0 Å². The summed E-state index contributed by atoms with van der Waals surface area (Å²) in [5, 5.41) is 0.0996. The molecule has 0 aromatic heterocycles. The van der Waals surface area contributed by atoms with E-state index in [1.54, 1.807) is 18.2 Å². The summed E-state index contributed by atoms with van der Waals surface area (Å²) in [5.41, 5.74) is 7.39. The molecular weight excluding hydrogens is 308 g/mol. The molecule has 2 aromatic rings. The summed E-state index contributed by atoms with van der Waals surface area (Å²) < 4.78 is 27.4. The number of benzene rings is 2. The molecule has 0 saturated heterocycles. The van der Waals surface area contributed by atoms with Crippen LogP contribution in [0.1, 0.15) is 25.3 Å². The Morgan fingerprint density at radius 2 is 1.81 bits per heavy atom. The molecule has 0 bridgehead atoms. The Kier molecular flexibility index (Phi) is 4.44. The summed E-state index contributed by atoms with van der Waals surface area (Å²) in [5.74, 6) is 0.305. The molecular formula is C15H17ClN2O2S. The molecule has 0 amide bonds. The van der Waals surface area contributed by atoms with Crippen LogP contribution < -0.4 is 10.5 Å². The molecule has 0 atom stereocenters. The van der Waals surface area contributed by atoms with Gasteiger partial charge in [-0.25, -0.2) is 8.42 Å². The Hall–Kier alpha value is -1.72. The molecule has 0 radical (unpaired) electrons. The molecule has 3 N–H and O–H groups in total. The lowest BCUT2D eigenvalue weighted by molar-refractivity contribution is 0.601. The van der Waals surface area contributed by atoms with Crippen LogP contribution in [0.2, 0.25) is 5.02 Å². The van der Waals surface area contributed by atoms with Crippen LogP contribution >= 0.6 is 11.6 Å². The van der Waals surface area contributed by atoms with Gasteiger partial charge in [-0.1, -0.05) is 43.6 Å². The van der Waals surface area contributed by atoms with Gasteiger partial charge in [0.25, 0.3) is 10.0 Å². The topological polar surface area (TPSA) is 72.2 Å². The minimum atomic E-state index is -3.82. The summed E-state index contributed by atoms with van der Waals surface area (Å²) in [6.45, 7) is 4.08. The first-order valence-corrected chi connectivity index (χ1v) is 8.34. The molecule has 6 heteroatoms. The minimum absolute atomic E-state index is 0.0957. The molecule has 0 aliphatic rings. The Bertz CT molecular complexity index is 738. The van der Waals surface area contributed by atoms with Crippen LogP contribution in [0.4, 0.5) is 11.4 Å². The van der Waals surface area contributed by atoms with Gasteiger partial charge in [0.2, 0.25) is 0 Å². The van der Waals surface area contributed by atoms with E-state index in [4.69, 9.17) is 17.3 Å². The number of nitrogens with two attached hydrogens (primary N) is 1. The van der Waals surface area contributed by atoms with Crippen molar-refractivity contribution in [2.45, 2.75) is 24.7 Å². The third-order valence-corrected chi connectivity index (χ3v) is 5.00. The third kappa shape index (κ3) is 3.49. The molecule has 21 heavy (non-hydrogen) atoms. The Morgan fingerprint density at radius 3 is 2.43 bits per heavy atom. The van der Waals surface area contributed by atoms with Gasteiger partial charge in [0.05, 0.1) is 10.7 Å². The lowest BCUT2D eigenvalue weighted by Crippen LogP contribution is -2.15. The fourth-order valence-corrected chi connectivity index (χ4v) is 3.71. The van der Waals surface area contributed by atoms with Gasteiger partial charge in [-0.15, -0.1) is 0 Å². The van der Waals surface area contributed by atoms with Crippen molar-refractivity contribution in [2.75, 3.05) is 10.5 Å². The van der Waals surface area contributed by atoms with Crippen molar-refractivity contribution in [1.29, 1.82) is 0 Å². The summed E-state index contributed by atoms with van der Waals surface area (Å²) in [6.07, 6.45) is 0. The van der Waals surface area contributed by atoms with Crippen molar-refractivity contribution < 1.29 is 8.42 Å². The summed E-state index contributed by atoms with van der Waals surface area (Å²) in [4.78, 5) is -0.0957. The van der Waals surface area contributed by atoms with Gasteiger partial charge in [0.15, 0.2) is 0 Å². The van der Waals surface area contributed by atoms with Crippen molar-refractivity contribution in [2.24, 2.45) is 0 Å². The second kappa shape index (κ2) is 5.95. The zero-order valence-electron chi connectivity index (χ0n) is 11.8. The number of hydrogen-bond acceptors (Lipinski definition) is 3. The van der Waals surface area contributed by atoms with E-state index in [1.165, 1.54) is 12.1 Å². The van der Waals surface area contributed by atoms with Crippen LogP contribution in [-0.4, -0.2) is 8.42 Å². The molecule has 0 unspecified atom stereocenters. The molecule has 0 aliphatic carbocycles. The van der Waals surface area contributed by atoms with Crippen LogP contribution in [0.3, 0.4) is 0 Å². The summed E-state index contributed by atoms with van der Waals surface area (Å²) >= 11 is 5.96. The van der Waals surface area contributed by atoms with E-state index in [-0.39, 0.29) is 15.6 Å². The minimum Gasteiger partial charge on any atom is -0.398 e. The van der Waals surface area contributed by atoms with Gasteiger partial charge >= 0.3 is 0 Å². The first-order chi connectivity index (χ1) is 9.81. The predicted molar refractivity (Wildman–Crippen MR) is 87.2 cm³/mol. The van der Waals surface area contributed by atoms with E-state index in [9.17, 15) is 8.42 Å². The van der Waals surface area contributed by atoms with Crippen molar-refractivity contribution in [3.05, 3.63) is 53.1 Å². The fraction of sp³-hybridized carbons (Fsp3) is 0.200. The summed E-state index contributed by atoms with van der Waals surface area (Å²) in [7, 11) is -3.82. The van der Waals surface area contributed by atoms with Crippen LogP contribution in [0.15, 0.2) is 47.4 Å². The maximum Gasteiger partial charge on any atom is 0.265 e. The number of anilines is 2. The van der Waals surface area contributed by atoms with Gasteiger partial charge in [-0.2, -0.15) is 0 Å². The molecule has 0 heterocycles. The maximum atomic E-state index is 12.4. The molecule has 0 saturated carbocycles. The molecule has 112 valence electrons. The average molecular weight is 325 g/mol. The Balaban J connectivity index is 2.40. The highest BCUT2D eigenvalue weighted by molar-refractivity contribution is 7.93. The molecule has 2 aromatic carbocycles. The number of hydrogen-bond donors (Lipinski definition) is 2. The van der Waals surface area contributed by atoms with Gasteiger partial charge in [-0.05, 0) is 35.7 Å². The molecule has 0 spiro atoms. The monoisotopic (exact) mass is 324 g/mol. The third-order valence-electron chi connectivity index (χ3n) is 3.07. The van der Waals surface area contributed by atoms with E-state index in [1.807, 2.05) is 26.0 Å². The van der Waals surface area contributed by atoms with Crippen molar-refractivity contribution in [3.63, 3.8) is 0 Å². The second-order valence-electron chi connectivity index (χ2n) is 5.04.